The Labute approximate surface area is 165 Å². The summed E-state index contributed by atoms with van der Waals surface area (Å²) in [6, 6.07) is 21.8. The molecule has 1 aliphatic rings. The average Bonchev–Trinajstić information content (AvgIpc) is 3.12. The van der Waals surface area contributed by atoms with Crippen molar-refractivity contribution in [2.75, 3.05) is 6.54 Å². The van der Waals surface area contributed by atoms with E-state index in [1.807, 2.05) is 54.3 Å². The van der Waals surface area contributed by atoms with Gasteiger partial charge in [0.15, 0.2) is 0 Å². The van der Waals surface area contributed by atoms with Crippen molar-refractivity contribution in [3.05, 3.63) is 83.4 Å². The monoisotopic (exact) mass is 372 g/mol. The summed E-state index contributed by atoms with van der Waals surface area (Å²) in [5.74, 6) is 0.120. The van der Waals surface area contributed by atoms with Crippen LogP contribution in [-0.2, 0) is 11.3 Å². The van der Waals surface area contributed by atoms with Gasteiger partial charge in [-0.2, -0.15) is 0 Å². The molecule has 4 rings (SSSR count). The highest BCUT2D eigenvalue weighted by molar-refractivity contribution is 5.95. The number of hydrogen-bond donors (Lipinski definition) is 1. The fourth-order valence-electron chi connectivity index (χ4n) is 3.84. The fraction of sp³-hybridized carbons (Fsp3) is 0.250. The molecule has 142 valence electrons. The molecule has 0 spiro atoms. The van der Waals surface area contributed by atoms with E-state index in [9.17, 15) is 9.59 Å². The van der Waals surface area contributed by atoms with E-state index >= 15 is 0 Å². The normalized spacial score (nSPS) is 15.0. The van der Waals surface area contributed by atoms with Crippen LogP contribution in [0.1, 0.15) is 47.3 Å². The highest BCUT2D eigenvalue weighted by atomic mass is 16.2. The smallest absolute Gasteiger partial charge is 0.251 e. The number of carbonyl (C=O) groups excluding carboxylic acids is 2. The molecular weight excluding hydrogens is 348 g/mol. The summed E-state index contributed by atoms with van der Waals surface area (Å²) in [7, 11) is 0. The maximum atomic E-state index is 12.7. The lowest BCUT2D eigenvalue weighted by Crippen LogP contribution is -2.27. The predicted octanol–water partition coefficient (Wildman–Crippen LogP) is 4.45. The molecule has 4 heteroatoms. The number of fused-ring (bicyclic) bond motifs is 1. The summed E-state index contributed by atoms with van der Waals surface area (Å²) in [6.45, 7) is 3.45. The summed E-state index contributed by atoms with van der Waals surface area (Å²) < 4.78 is 0. The second kappa shape index (κ2) is 7.85. The van der Waals surface area contributed by atoms with Gasteiger partial charge in [0.2, 0.25) is 5.91 Å². The molecule has 1 atom stereocenters. The molecule has 28 heavy (non-hydrogen) atoms. The maximum Gasteiger partial charge on any atom is 0.251 e. The second-order valence-electron chi connectivity index (χ2n) is 7.38. The maximum absolute atomic E-state index is 12.7. The minimum absolute atomic E-state index is 0.0933. The van der Waals surface area contributed by atoms with E-state index in [0.29, 0.717) is 18.5 Å². The van der Waals surface area contributed by atoms with Crippen molar-refractivity contribution in [1.82, 2.24) is 10.2 Å². The Morgan fingerprint density at radius 3 is 2.54 bits per heavy atom. The third-order valence-corrected chi connectivity index (χ3v) is 5.40. The van der Waals surface area contributed by atoms with Crippen LogP contribution < -0.4 is 5.32 Å². The molecule has 4 nitrogen and oxygen atoms in total. The van der Waals surface area contributed by atoms with Crippen LogP contribution in [0.3, 0.4) is 0 Å². The molecule has 0 aromatic heterocycles. The van der Waals surface area contributed by atoms with Crippen molar-refractivity contribution in [2.45, 2.75) is 32.4 Å². The van der Waals surface area contributed by atoms with Crippen molar-refractivity contribution in [2.24, 2.45) is 0 Å². The second-order valence-corrected chi connectivity index (χ2v) is 7.38. The predicted molar refractivity (Wildman–Crippen MR) is 111 cm³/mol. The Morgan fingerprint density at radius 1 is 1.04 bits per heavy atom. The van der Waals surface area contributed by atoms with Crippen LogP contribution in [0, 0.1) is 0 Å². The van der Waals surface area contributed by atoms with Gasteiger partial charge in [0.25, 0.3) is 5.91 Å². The lowest BCUT2D eigenvalue weighted by molar-refractivity contribution is -0.128. The number of rotatable bonds is 5. The number of nitrogens with zero attached hydrogens (tertiary/aromatic N) is 1. The third kappa shape index (κ3) is 3.77. The number of hydrogen-bond acceptors (Lipinski definition) is 2. The molecule has 1 saturated heterocycles. The summed E-state index contributed by atoms with van der Waals surface area (Å²) in [5, 5.41) is 5.43. The van der Waals surface area contributed by atoms with Crippen LogP contribution >= 0.6 is 0 Å². The van der Waals surface area contributed by atoms with E-state index in [1.165, 1.54) is 5.39 Å². The van der Waals surface area contributed by atoms with Gasteiger partial charge >= 0.3 is 0 Å². The van der Waals surface area contributed by atoms with Gasteiger partial charge in [0.1, 0.15) is 0 Å². The average molecular weight is 372 g/mol. The van der Waals surface area contributed by atoms with Crippen LogP contribution in [0.5, 0.6) is 0 Å². The largest absolute Gasteiger partial charge is 0.345 e. The molecule has 1 N–H and O–H groups in total. The number of likely N-dealkylation sites (tertiary alicyclic amines) is 1. The van der Waals surface area contributed by atoms with Crippen LogP contribution in [-0.4, -0.2) is 23.3 Å². The molecule has 3 aromatic carbocycles. The Balaban J connectivity index is 1.45. The molecule has 0 saturated carbocycles. The zero-order valence-electron chi connectivity index (χ0n) is 16.0. The first kappa shape index (κ1) is 18.2. The zero-order chi connectivity index (χ0) is 19.5. The first-order valence-electron chi connectivity index (χ1n) is 9.77. The van der Waals surface area contributed by atoms with Crippen LogP contribution in [0.15, 0.2) is 66.7 Å². The van der Waals surface area contributed by atoms with E-state index in [-0.39, 0.29) is 17.9 Å². The highest BCUT2D eigenvalue weighted by Crippen LogP contribution is 2.24. The Morgan fingerprint density at radius 2 is 1.79 bits per heavy atom. The first-order chi connectivity index (χ1) is 13.6. The molecule has 0 radical (unpaired) electrons. The lowest BCUT2D eigenvalue weighted by Gasteiger charge is -2.17. The van der Waals surface area contributed by atoms with Gasteiger partial charge in [-0.05, 0) is 47.4 Å². The molecular formula is C24H24N2O2. The summed E-state index contributed by atoms with van der Waals surface area (Å²) in [5.41, 5.74) is 2.79. The summed E-state index contributed by atoms with van der Waals surface area (Å²) in [4.78, 5) is 26.3. The summed E-state index contributed by atoms with van der Waals surface area (Å²) in [6.07, 6.45) is 1.58. The van der Waals surface area contributed by atoms with E-state index in [4.69, 9.17) is 0 Å². The highest BCUT2D eigenvalue weighted by Gasteiger charge is 2.20. The van der Waals surface area contributed by atoms with Gasteiger partial charge in [0.05, 0.1) is 6.04 Å². The third-order valence-electron chi connectivity index (χ3n) is 5.40. The lowest BCUT2D eigenvalue weighted by atomic mass is 9.99. The van der Waals surface area contributed by atoms with Gasteiger partial charge in [-0.3, -0.25) is 9.59 Å². The van der Waals surface area contributed by atoms with Crippen molar-refractivity contribution in [1.29, 1.82) is 0 Å². The Kier molecular flexibility index (Phi) is 5.11. The number of nitrogens with one attached hydrogen (secondary N) is 1. The molecule has 0 bridgehead atoms. The van der Waals surface area contributed by atoms with E-state index in [1.54, 1.807) is 0 Å². The standard InChI is InChI=1S/C24H24N2O2/c1-17(21-9-4-7-19-6-2-3-8-22(19)21)25-24(28)20-13-11-18(12-14-20)16-26-15-5-10-23(26)27/h2-4,6-9,11-14,17H,5,10,15-16H2,1H3,(H,25,28)/t17-/m1/s1. The molecule has 1 heterocycles. The quantitative estimate of drug-likeness (QED) is 0.719. The Bertz CT molecular complexity index is 1010. The fourth-order valence-corrected chi connectivity index (χ4v) is 3.84. The SMILES string of the molecule is C[C@@H](NC(=O)c1ccc(CN2CCCC2=O)cc1)c1cccc2ccccc12. The number of benzene rings is 3. The molecule has 1 aliphatic heterocycles. The number of amides is 2. The van der Waals surface area contributed by atoms with Crippen molar-refractivity contribution < 1.29 is 9.59 Å². The van der Waals surface area contributed by atoms with Gasteiger partial charge < -0.3 is 10.2 Å². The Hall–Kier alpha value is -3.14. The van der Waals surface area contributed by atoms with Gasteiger partial charge in [-0.15, -0.1) is 0 Å². The summed E-state index contributed by atoms with van der Waals surface area (Å²) >= 11 is 0. The number of carbonyl (C=O) groups is 2. The van der Waals surface area contributed by atoms with Crippen molar-refractivity contribution >= 4 is 22.6 Å². The molecule has 3 aromatic rings. The molecule has 1 fully saturated rings. The van der Waals surface area contributed by atoms with E-state index < -0.39 is 0 Å². The minimum Gasteiger partial charge on any atom is -0.345 e. The van der Waals surface area contributed by atoms with E-state index in [0.717, 1.165) is 29.5 Å². The molecule has 0 aliphatic carbocycles. The van der Waals surface area contributed by atoms with Gasteiger partial charge in [-0.1, -0.05) is 54.6 Å². The van der Waals surface area contributed by atoms with Crippen molar-refractivity contribution in [3.8, 4) is 0 Å². The van der Waals surface area contributed by atoms with Crippen LogP contribution in [0.25, 0.3) is 10.8 Å². The van der Waals surface area contributed by atoms with Gasteiger partial charge in [0, 0.05) is 25.1 Å². The van der Waals surface area contributed by atoms with Crippen LogP contribution in [0.4, 0.5) is 0 Å². The van der Waals surface area contributed by atoms with Gasteiger partial charge in [-0.25, -0.2) is 0 Å². The first-order valence-corrected chi connectivity index (χ1v) is 9.77. The zero-order valence-corrected chi connectivity index (χ0v) is 16.0. The minimum atomic E-state index is -0.0968. The molecule has 2 amide bonds. The molecule has 0 unspecified atom stereocenters. The van der Waals surface area contributed by atoms with Crippen LogP contribution in [0.2, 0.25) is 0 Å². The van der Waals surface area contributed by atoms with Crippen molar-refractivity contribution in [3.63, 3.8) is 0 Å². The topological polar surface area (TPSA) is 49.4 Å². The van der Waals surface area contributed by atoms with E-state index in [2.05, 4.69) is 29.6 Å².